The molecular weight excluding hydrogens is 501 g/mol. The van der Waals surface area contributed by atoms with Crippen molar-refractivity contribution in [3.63, 3.8) is 0 Å². The molecule has 2 aliphatic heterocycles. The predicted molar refractivity (Wildman–Crippen MR) is 153 cm³/mol. The summed E-state index contributed by atoms with van der Waals surface area (Å²) < 4.78 is 27.0. The molecule has 0 radical (unpaired) electrons. The Balaban J connectivity index is 1.03. The van der Waals surface area contributed by atoms with E-state index in [0.717, 1.165) is 24.0 Å². The minimum absolute atomic E-state index is 0.00839. The number of fused-ring (bicyclic) bond motifs is 5. The molecule has 0 spiro atoms. The number of ether oxygens (including phenoxy) is 2. The van der Waals surface area contributed by atoms with Gasteiger partial charge in [0.15, 0.2) is 0 Å². The van der Waals surface area contributed by atoms with Crippen LogP contribution in [-0.2, 0) is 11.3 Å². The number of amides is 1. The van der Waals surface area contributed by atoms with Crippen LogP contribution in [0, 0.1) is 5.82 Å². The van der Waals surface area contributed by atoms with Crippen molar-refractivity contribution in [2.75, 3.05) is 6.61 Å². The Morgan fingerprint density at radius 2 is 1.52 bits per heavy atom. The van der Waals surface area contributed by atoms with E-state index in [-0.39, 0.29) is 29.9 Å². The smallest absolute Gasteiger partial charge is 0.410 e. The molecular formula is C35H30FNO3. The molecule has 2 bridgehead atoms. The van der Waals surface area contributed by atoms with E-state index in [2.05, 4.69) is 24.3 Å². The fourth-order valence-electron chi connectivity index (χ4n) is 6.57. The van der Waals surface area contributed by atoms with Crippen LogP contribution in [0.2, 0.25) is 0 Å². The third-order valence-electron chi connectivity index (χ3n) is 8.48. The molecule has 2 heterocycles. The first-order valence-electron chi connectivity index (χ1n) is 14.0. The SMILES string of the molecule is O=C(OCC1c2ccccc2-c2ccccc21)N1C2C=C(c3ccc(OCc4ccccc4)cc3F)CC1CC2. The molecule has 40 heavy (non-hydrogen) atoms. The van der Waals surface area contributed by atoms with Crippen molar-refractivity contribution in [3.05, 3.63) is 131 Å². The maximum atomic E-state index is 15.2. The van der Waals surface area contributed by atoms with Crippen LogP contribution in [0.1, 0.15) is 47.4 Å². The third kappa shape index (κ3) is 4.45. The van der Waals surface area contributed by atoms with E-state index < -0.39 is 0 Å². The summed E-state index contributed by atoms with van der Waals surface area (Å²) in [7, 11) is 0. The molecule has 200 valence electrons. The topological polar surface area (TPSA) is 38.8 Å². The lowest BCUT2D eigenvalue weighted by Gasteiger charge is -2.33. The largest absolute Gasteiger partial charge is 0.489 e. The van der Waals surface area contributed by atoms with Crippen LogP contribution >= 0.6 is 0 Å². The van der Waals surface area contributed by atoms with Crippen LogP contribution in [0.3, 0.4) is 0 Å². The Morgan fingerprint density at radius 3 is 2.23 bits per heavy atom. The van der Waals surface area contributed by atoms with Crippen LogP contribution in [0.5, 0.6) is 5.75 Å². The van der Waals surface area contributed by atoms with Gasteiger partial charge in [0.2, 0.25) is 0 Å². The zero-order chi connectivity index (χ0) is 27.1. The zero-order valence-corrected chi connectivity index (χ0v) is 22.1. The maximum absolute atomic E-state index is 15.2. The molecule has 1 fully saturated rings. The van der Waals surface area contributed by atoms with E-state index in [4.69, 9.17) is 9.47 Å². The number of hydrogen-bond acceptors (Lipinski definition) is 3. The summed E-state index contributed by atoms with van der Waals surface area (Å²) in [4.78, 5) is 15.2. The minimum Gasteiger partial charge on any atom is -0.489 e. The highest BCUT2D eigenvalue weighted by Crippen LogP contribution is 2.45. The molecule has 1 saturated heterocycles. The molecule has 0 saturated carbocycles. The number of carbonyl (C=O) groups excluding carboxylic acids is 1. The quantitative estimate of drug-likeness (QED) is 0.253. The molecule has 4 nitrogen and oxygen atoms in total. The average molecular weight is 532 g/mol. The van der Waals surface area contributed by atoms with Crippen molar-refractivity contribution in [3.8, 4) is 16.9 Å². The number of carbonyl (C=O) groups is 1. The van der Waals surface area contributed by atoms with Gasteiger partial charge in [-0.1, -0.05) is 84.9 Å². The summed E-state index contributed by atoms with van der Waals surface area (Å²) in [6, 6.07) is 31.5. The molecule has 2 atom stereocenters. The Bertz CT molecular complexity index is 1550. The number of benzene rings is 4. The van der Waals surface area contributed by atoms with E-state index in [1.54, 1.807) is 6.07 Å². The fourth-order valence-corrected chi connectivity index (χ4v) is 6.57. The number of halogens is 1. The molecule has 4 aromatic carbocycles. The van der Waals surface area contributed by atoms with Gasteiger partial charge in [-0.05, 0) is 64.8 Å². The first-order chi connectivity index (χ1) is 19.7. The van der Waals surface area contributed by atoms with Crippen LogP contribution < -0.4 is 4.74 Å². The second-order valence-corrected chi connectivity index (χ2v) is 10.8. The lowest BCUT2D eigenvalue weighted by Crippen LogP contribution is -2.43. The highest BCUT2D eigenvalue weighted by Gasteiger charge is 2.41. The van der Waals surface area contributed by atoms with Gasteiger partial charge in [-0.15, -0.1) is 0 Å². The van der Waals surface area contributed by atoms with Crippen molar-refractivity contribution >= 4 is 11.7 Å². The monoisotopic (exact) mass is 531 g/mol. The summed E-state index contributed by atoms with van der Waals surface area (Å²) in [5.74, 6) is 0.233. The Kier molecular flexibility index (Phi) is 6.35. The van der Waals surface area contributed by atoms with Crippen LogP contribution in [0.25, 0.3) is 16.7 Å². The Morgan fingerprint density at radius 1 is 0.825 bits per heavy atom. The number of rotatable bonds is 6. The second kappa shape index (κ2) is 10.3. The summed E-state index contributed by atoms with van der Waals surface area (Å²) in [6.45, 7) is 0.694. The maximum Gasteiger partial charge on any atom is 0.410 e. The molecule has 0 N–H and O–H groups in total. The number of hydrogen-bond donors (Lipinski definition) is 0. The molecule has 4 aromatic rings. The predicted octanol–water partition coefficient (Wildman–Crippen LogP) is 7.97. The van der Waals surface area contributed by atoms with Gasteiger partial charge in [-0.3, -0.25) is 4.90 Å². The Hall–Kier alpha value is -4.38. The molecule has 5 heteroatoms. The summed E-state index contributed by atoms with van der Waals surface area (Å²) in [6.07, 6.45) is 4.12. The van der Waals surface area contributed by atoms with Crippen molar-refractivity contribution in [1.82, 2.24) is 4.90 Å². The van der Waals surface area contributed by atoms with E-state index in [9.17, 15) is 4.79 Å². The molecule has 1 aliphatic carbocycles. The molecule has 1 amide bonds. The van der Waals surface area contributed by atoms with E-state index >= 15 is 4.39 Å². The van der Waals surface area contributed by atoms with Crippen molar-refractivity contribution in [2.24, 2.45) is 0 Å². The van der Waals surface area contributed by atoms with Gasteiger partial charge < -0.3 is 9.47 Å². The number of nitrogens with zero attached hydrogens (tertiary/aromatic N) is 1. The van der Waals surface area contributed by atoms with Crippen molar-refractivity contribution in [2.45, 2.75) is 43.9 Å². The molecule has 0 aromatic heterocycles. The summed E-state index contributed by atoms with van der Waals surface area (Å²) in [5, 5.41) is 0. The van der Waals surface area contributed by atoms with Crippen molar-refractivity contribution in [1.29, 1.82) is 0 Å². The summed E-state index contributed by atoms with van der Waals surface area (Å²) >= 11 is 0. The van der Waals surface area contributed by atoms with Gasteiger partial charge in [0.25, 0.3) is 0 Å². The van der Waals surface area contributed by atoms with Crippen molar-refractivity contribution < 1.29 is 18.7 Å². The highest BCUT2D eigenvalue weighted by atomic mass is 19.1. The molecule has 3 aliphatic rings. The van der Waals surface area contributed by atoms with Crippen LogP contribution in [0.15, 0.2) is 103 Å². The second-order valence-electron chi connectivity index (χ2n) is 10.8. The van der Waals surface area contributed by atoms with Gasteiger partial charge in [-0.25, -0.2) is 9.18 Å². The zero-order valence-electron chi connectivity index (χ0n) is 22.1. The lowest BCUT2D eigenvalue weighted by molar-refractivity contribution is 0.0866. The van der Waals surface area contributed by atoms with Crippen LogP contribution in [0.4, 0.5) is 9.18 Å². The first-order valence-corrected chi connectivity index (χ1v) is 14.0. The van der Waals surface area contributed by atoms with Crippen LogP contribution in [-0.4, -0.2) is 29.7 Å². The van der Waals surface area contributed by atoms with Gasteiger partial charge in [-0.2, -0.15) is 0 Å². The van der Waals surface area contributed by atoms with Gasteiger partial charge in [0.1, 0.15) is 24.8 Å². The highest BCUT2D eigenvalue weighted by molar-refractivity contribution is 5.79. The van der Waals surface area contributed by atoms with E-state index in [1.807, 2.05) is 71.6 Å². The first kappa shape index (κ1) is 24.6. The van der Waals surface area contributed by atoms with E-state index in [1.165, 1.54) is 28.3 Å². The lowest BCUT2D eigenvalue weighted by atomic mass is 9.94. The summed E-state index contributed by atoms with van der Waals surface area (Å²) in [5.41, 5.74) is 7.39. The third-order valence-corrected chi connectivity index (χ3v) is 8.48. The minimum atomic E-state index is -0.300. The Labute approximate surface area is 233 Å². The average Bonchev–Trinajstić information content (AvgIpc) is 3.45. The molecule has 2 unspecified atom stereocenters. The standard InChI is InChI=1S/C35H30FNO3/c36-34-20-27(39-21-23-8-2-1-3-9-23)16-17-28(34)24-18-25-14-15-26(19-24)37(25)35(38)40-22-33-31-12-6-4-10-29(31)30-11-5-7-13-32(30)33/h1-13,16-18,20,25-26,33H,14-15,19,21-22H2. The fraction of sp³-hybridized carbons (Fsp3) is 0.229. The molecule has 7 rings (SSSR count). The normalized spacial score (nSPS) is 19.1. The van der Waals surface area contributed by atoms with Gasteiger partial charge >= 0.3 is 6.09 Å². The van der Waals surface area contributed by atoms with Gasteiger partial charge in [0.05, 0.1) is 6.04 Å². The van der Waals surface area contributed by atoms with Gasteiger partial charge in [0, 0.05) is 23.6 Å². The van der Waals surface area contributed by atoms with E-state index in [0.29, 0.717) is 30.9 Å².